The van der Waals surface area contributed by atoms with E-state index in [9.17, 15) is 0 Å². The minimum atomic E-state index is 0. The topological polar surface area (TPSA) is 78.4 Å². The van der Waals surface area contributed by atoms with E-state index in [1.165, 1.54) is 0 Å². The van der Waals surface area contributed by atoms with Crippen LogP contribution in [-0.2, 0) is 14.3 Å². The first-order chi connectivity index (χ1) is 2.83. The quantitative estimate of drug-likeness (QED) is 0.466. The van der Waals surface area contributed by atoms with Crippen LogP contribution in [0.3, 0.4) is 0 Å². The summed E-state index contributed by atoms with van der Waals surface area (Å²) in [4.78, 5) is 16.2. The summed E-state index contributed by atoms with van der Waals surface area (Å²) in [5.74, 6) is 0. The van der Waals surface area contributed by atoms with E-state index in [1.54, 1.807) is 14.2 Å². The molecular formula is C3H9NO3. The second-order valence-corrected chi connectivity index (χ2v) is 0.492. The van der Waals surface area contributed by atoms with Crippen molar-refractivity contribution in [2.75, 3.05) is 14.2 Å². The molecule has 3 N–H and O–H groups in total. The van der Waals surface area contributed by atoms with E-state index in [0.29, 0.717) is 0 Å². The molecule has 0 radical (unpaired) electrons. The fourth-order valence-electron chi connectivity index (χ4n) is 0. The van der Waals surface area contributed by atoms with Crippen LogP contribution < -0.4 is 6.15 Å². The maximum Gasteiger partial charge on any atom is 0.373 e. The monoisotopic (exact) mass is 107 g/mol. The normalized spacial score (nSPS) is 3.71. The van der Waals surface area contributed by atoms with E-state index in [1.807, 2.05) is 0 Å². The van der Waals surface area contributed by atoms with Crippen molar-refractivity contribution in [2.24, 2.45) is 0 Å². The molecule has 0 amide bonds. The Morgan fingerprint density at radius 3 is 1.29 bits per heavy atom. The highest BCUT2D eigenvalue weighted by Crippen LogP contribution is 1.28. The van der Waals surface area contributed by atoms with Crippen molar-refractivity contribution in [3.63, 3.8) is 0 Å². The molecule has 0 atom stereocenters. The number of carbonyl (C=O) groups excluding carboxylic acids is 2. The number of methoxy groups -OCH3 is 1. The van der Waals surface area contributed by atoms with Crippen LogP contribution in [0.15, 0.2) is 0 Å². The zero-order chi connectivity index (χ0) is 5.41. The first-order valence-electron chi connectivity index (χ1n) is 1.22. The van der Waals surface area contributed by atoms with Crippen LogP contribution in [0.25, 0.3) is 0 Å². The summed E-state index contributed by atoms with van der Waals surface area (Å²) in [6, 6.07) is 0. The maximum atomic E-state index is 8.12. The lowest BCUT2D eigenvalue weighted by Crippen LogP contribution is -1.55. The maximum absolute atomic E-state index is 8.12. The molecule has 0 aliphatic heterocycles. The van der Waals surface area contributed by atoms with Crippen molar-refractivity contribution in [3.05, 3.63) is 0 Å². The Bertz CT molecular complexity index is 39.4. The third-order valence-electron chi connectivity index (χ3n) is 0. The Labute approximate surface area is 42.0 Å². The molecule has 0 aromatic rings. The van der Waals surface area contributed by atoms with E-state index in [-0.39, 0.29) is 12.3 Å². The fourth-order valence-corrected chi connectivity index (χ4v) is 0. The zero-order valence-electron chi connectivity index (χ0n) is 4.43. The summed E-state index contributed by atoms with van der Waals surface area (Å²) in [6.45, 7) is 0. The predicted octanol–water partition coefficient (Wildman–Crippen LogP) is -0.159. The van der Waals surface area contributed by atoms with Crippen LogP contribution >= 0.6 is 0 Å². The Balaban J connectivity index is -0.0000000400. The average molecular weight is 107 g/mol. The van der Waals surface area contributed by atoms with Gasteiger partial charge in [-0.3, -0.25) is 0 Å². The number of hydrogen-bond acceptors (Lipinski definition) is 4. The molecule has 0 unspecified atom stereocenters. The standard InChI is InChI=1S/C2H6O.CO2.H3N/c1-3-2;2-1-3;/h1-2H3;;1H3. The zero-order valence-corrected chi connectivity index (χ0v) is 4.43. The van der Waals surface area contributed by atoms with Gasteiger partial charge in [0, 0.05) is 14.2 Å². The van der Waals surface area contributed by atoms with Crippen LogP contribution in [0.2, 0.25) is 0 Å². The molecule has 0 spiro atoms. The average Bonchev–Trinajstić information content (AvgIpc) is 1.39. The van der Waals surface area contributed by atoms with Crippen LogP contribution in [0.1, 0.15) is 0 Å². The summed E-state index contributed by atoms with van der Waals surface area (Å²) in [5.41, 5.74) is 0. The highest BCUT2D eigenvalue weighted by molar-refractivity contribution is 5.20. The van der Waals surface area contributed by atoms with Crippen molar-refractivity contribution in [2.45, 2.75) is 0 Å². The molecule has 44 valence electrons. The van der Waals surface area contributed by atoms with Gasteiger partial charge in [0.1, 0.15) is 0 Å². The molecule has 0 fully saturated rings. The Morgan fingerprint density at radius 2 is 1.29 bits per heavy atom. The van der Waals surface area contributed by atoms with Gasteiger partial charge >= 0.3 is 6.15 Å². The third-order valence-corrected chi connectivity index (χ3v) is 0. The van der Waals surface area contributed by atoms with Crippen molar-refractivity contribution >= 4 is 6.15 Å². The van der Waals surface area contributed by atoms with Gasteiger partial charge in [0.05, 0.1) is 0 Å². The van der Waals surface area contributed by atoms with E-state index in [0.717, 1.165) is 0 Å². The molecule has 0 aromatic heterocycles. The first-order valence-corrected chi connectivity index (χ1v) is 1.22. The lowest BCUT2D eigenvalue weighted by Gasteiger charge is -1.61. The van der Waals surface area contributed by atoms with Gasteiger partial charge < -0.3 is 10.9 Å². The van der Waals surface area contributed by atoms with Crippen molar-refractivity contribution < 1.29 is 14.3 Å². The van der Waals surface area contributed by atoms with Crippen LogP contribution in [0.5, 0.6) is 0 Å². The van der Waals surface area contributed by atoms with Crippen molar-refractivity contribution in [1.29, 1.82) is 0 Å². The second-order valence-electron chi connectivity index (χ2n) is 0.492. The van der Waals surface area contributed by atoms with E-state index < -0.39 is 0 Å². The minimum absolute atomic E-state index is 0. The van der Waals surface area contributed by atoms with E-state index in [2.05, 4.69) is 4.74 Å². The summed E-state index contributed by atoms with van der Waals surface area (Å²) in [6.07, 6.45) is 0.250. The fraction of sp³-hybridized carbons (Fsp3) is 0.667. The van der Waals surface area contributed by atoms with Gasteiger partial charge in [0.2, 0.25) is 0 Å². The second kappa shape index (κ2) is 58.0. The largest absolute Gasteiger partial charge is 0.388 e. The molecule has 0 saturated carbocycles. The Morgan fingerprint density at radius 1 is 1.29 bits per heavy atom. The summed E-state index contributed by atoms with van der Waals surface area (Å²) < 4.78 is 4.25. The van der Waals surface area contributed by atoms with Gasteiger partial charge in [0.15, 0.2) is 0 Å². The molecule has 4 nitrogen and oxygen atoms in total. The third kappa shape index (κ3) is 118. The highest BCUT2D eigenvalue weighted by Gasteiger charge is 1.25. The van der Waals surface area contributed by atoms with Gasteiger partial charge in [-0.05, 0) is 0 Å². The molecular weight excluding hydrogens is 98.0 g/mol. The van der Waals surface area contributed by atoms with Crippen molar-refractivity contribution in [3.8, 4) is 0 Å². The van der Waals surface area contributed by atoms with Crippen LogP contribution in [0, 0.1) is 0 Å². The number of ether oxygens (including phenoxy) is 1. The van der Waals surface area contributed by atoms with E-state index >= 15 is 0 Å². The highest BCUT2D eigenvalue weighted by atomic mass is 16.4. The first kappa shape index (κ1) is 16.3. The van der Waals surface area contributed by atoms with Crippen LogP contribution in [0.4, 0.5) is 0 Å². The van der Waals surface area contributed by atoms with Gasteiger partial charge in [-0.2, -0.15) is 9.59 Å². The lowest BCUT2D eigenvalue weighted by molar-refractivity contribution is -0.191. The molecule has 0 saturated heterocycles. The number of hydrogen-bond donors (Lipinski definition) is 1. The van der Waals surface area contributed by atoms with Crippen LogP contribution in [-0.4, -0.2) is 20.4 Å². The molecule has 4 heteroatoms. The van der Waals surface area contributed by atoms with Crippen molar-refractivity contribution in [1.82, 2.24) is 6.15 Å². The molecule has 0 rings (SSSR count). The molecule has 0 aliphatic rings. The van der Waals surface area contributed by atoms with E-state index in [4.69, 9.17) is 9.59 Å². The smallest absolute Gasteiger partial charge is 0.373 e. The molecule has 7 heavy (non-hydrogen) atoms. The summed E-state index contributed by atoms with van der Waals surface area (Å²) in [7, 11) is 3.25. The van der Waals surface area contributed by atoms with Gasteiger partial charge in [-0.15, -0.1) is 0 Å². The summed E-state index contributed by atoms with van der Waals surface area (Å²) >= 11 is 0. The minimum Gasteiger partial charge on any atom is -0.388 e. The summed E-state index contributed by atoms with van der Waals surface area (Å²) in [5, 5.41) is 0. The predicted molar refractivity (Wildman–Crippen MR) is 23.0 cm³/mol. The van der Waals surface area contributed by atoms with Gasteiger partial charge in [-0.1, -0.05) is 0 Å². The SMILES string of the molecule is COC.N.O=C=O. The number of rotatable bonds is 0. The lowest BCUT2D eigenvalue weighted by atomic mass is 11.6. The van der Waals surface area contributed by atoms with Gasteiger partial charge in [-0.25, -0.2) is 0 Å². The molecule has 0 aromatic carbocycles. The van der Waals surface area contributed by atoms with Gasteiger partial charge in [0.25, 0.3) is 0 Å². The Hall–Kier alpha value is -0.700. The Kier molecular flexibility index (Phi) is 135. The molecule has 0 aliphatic carbocycles. The molecule has 0 heterocycles. The molecule has 0 bridgehead atoms.